The third-order valence-corrected chi connectivity index (χ3v) is 2.90. The molecule has 2 N–H and O–H groups in total. The zero-order chi connectivity index (χ0) is 11.5. The second-order valence-corrected chi connectivity index (χ2v) is 4.13. The van der Waals surface area contributed by atoms with Crippen molar-refractivity contribution in [3.8, 4) is 0 Å². The predicted octanol–water partition coefficient (Wildman–Crippen LogP) is 3.23. The quantitative estimate of drug-likeness (QED) is 0.858. The normalized spacial score (nSPS) is 10.8. The Labute approximate surface area is 98.0 Å². The molecule has 0 unspecified atom stereocenters. The molecule has 0 amide bonds. The summed E-state index contributed by atoms with van der Waals surface area (Å²) in [7, 11) is 0. The fourth-order valence-corrected chi connectivity index (χ4v) is 2.03. The van der Waals surface area contributed by atoms with Gasteiger partial charge in [-0.05, 0) is 18.4 Å². The number of hydrogen-bond acceptors (Lipinski definition) is 1. The molecule has 0 saturated heterocycles. The van der Waals surface area contributed by atoms with Crippen molar-refractivity contribution in [1.29, 1.82) is 0 Å². The number of hydrogen-bond donors (Lipinski definition) is 2. The number of aryl methyl sites for hydroxylation is 1. The summed E-state index contributed by atoms with van der Waals surface area (Å²) in [5.41, 5.74) is 2.13. The Morgan fingerprint density at radius 2 is 2.25 bits per heavy atom. The Balaban J connectivity index is 2.20. The molecule has 2 rings (SSSR count). The SMILES string of the molecule is O=C(O)CCCc1cccc2c(Cl)c[nH]c12. The average molecular weight is 238 g/mol. The summed E-state index contributed by atoms with van der Waals surface area (Å²) in [5.74, 6) is -0.753. The van der Waals surface area contributed by atoms with Gasteiger partial charge in [0, 0.05) is 18.0 Å². The Kier molecular flexibility index (Phi) is 3.15. The highest BCUT2D eigenvalue weighted by Crippen LogP contribution is 2.26. The predicted molar refractivity (Wildman–Crippen MR) is 63.9 cm³/mol. The van der Waals surface area contributed by atoms with Crippen molar-refractivity contribution in [2.45, 2.75) is 19.3 Å². The van der Waals surface area contributed by atoms with Gasteiger partial charge in [0.05, 0.1) is 10.5 Å². The zero-order valence-corrected chi connectivity index (χ0v) is 9.42. The first-order valence-corrected chi connectivity index (χ1v) is 5.52. The maximum Gasteiger partial charge on any atom is 0.303 e. The van der Waals surface area contributed by atoms with E-state index in [0.717, 1.165) is 22.9 Å². The topological polar surface area (TPSA) is 53.1 Å². The van der Waals surface area contributed by atoms with Gasteiger partial charge in [0.2, 0.25) is 0 Å². The van der Waals surface area contributed by atoms with Crippen molar-refractivity contribution in [3.63, 3.8) is 0 Å². The van der Waals surface area contributed by atoms with Crippen LogP contribution in [0, 0.1) is 0 Å². The standard InChI is InChI=1S/C12H12ClNO2/c13-10-7-14-12-8(3-1-5-9(10)12)4-2-6-11(15)16/h1,3,5,7,14H,2,4,6H2,(H,15,16). The number of benzene rings is 1. The number of fused-ring (bicyclic) bond motifs is 1. The van der Waals surface area contributed by atoms with Crippen LogP contribution in [0.4, 0.5) is 0 Å². The van der Waals surface area contributed by atoms with Crippen molar-refractivity contribution >= 4 is 28.5 Å². The molecule has 2 aromatic rings. The van der Waals surface area contributed by atoms with Crippen LogP contribution in [-0.2, 0) is 11.2 Å². The van der Waals surface area contributed by atoms with E-state index in [4.69, 9.17) is 16.7 Å². The third kappa shape index (κ3) is 2.19. The number of carbonyl (C=O) groups is 1. The highest BCUT2D eigenvalue weighted by Gasteiger charge is 2.06. The van der Waals surface area contributed by atoms with E-state index in [1.807, 2.05) is 18.2 Å². The largest absolute Gasteiger partial charge is 0.481 e. The number of H-pyrrole nitrogens is 1. The van der Waals surface area contributed by atoms with E-state index in [9.17, 15) is 4.79 Å². The summed E-state index contributed by atoms with van der Waals surface area (Å²) in [5, 5.41) is 10.3. The molecule has 84 valence electrons. The first-order chi connectivity index (χ1) is 7.68. The highest BCUT2D eigenvalue weighted by molar-refractivity contribution is 6.35. The minimum Gasteiger partial charge on any atom is -0.481 e. The first kappa shape index (κ1) is 11.0. The number of halogens is 1. The van der Waals surface area contributed by atoms with Gasteiger partial charge < -0.3 is 10.1 Å². The Morgan fingerprint density at radius 1 is 1.44 bits per heavy atom. The third-order valence-electron chi connectivity index (χ3n) is 2.59. The lowest BCUT2D eigenvalue weighted by Gasteiger charge is -2.02. The minimum absolute atomic E-state index is 0.199. The monoisotopic (exact) mass is 237 g/mol. The number of para-hydroxylation sites is 1. The summed E-state index contributed by atoms with van der Waals surface area (Å²) in [6.07, 6.45) is 3.35. The Morgan fingerprint density at radius 3 is 3.00 bits per heavy atom. The fourth-order valence-electron chi connectivity index (χ4n) is 1.82. The van der Waals surface area contributed by atoms with E-state index >= 15 is 0 Å². The number of aromatic nitrogens is 1. The van der Waals surface area contributed by atoms with Crippen molar-refractivity contribution in [2.24, 2.45) is 0 Å². The Hall–Kier alpha value is -1.48. The summed E-state index contributed by atoms with van der Waals surface area (Å²) in [4.78, 5) is 13.5. The number of carboxylic acids is 1. The van der Waals surface area contributed by atoms with Gasteiger partial charge >= 0.3 is 5.97 Å². The molecule has 0 saturated carbocycles. The van der Waals surface area contributed by atoms with Crippen LogP contribution in [-0.4, -0.2) is 16.1 Å². The lowest BCUT2D eigenvalue weighted by molar-refractivity contribution is -0.137. The molecule has 0 aliphatic carbocycles. The molecule has 1 heterocycles. The number of aliphatic carboxylic acids is 1. The number of rotatable bonds is 4. The van der Waals surface area contributed by atoms with Crippen molar-refractivity contribution in [2.75, 3.05) is 0 Å². The van der Waals surface area contributed by atoms with Crippen LogP contribution >= 0.6 is 11.6 Å². The molecule has 0 bridgehead atoms. The molecule has 16 heavy (non-hydrogen) atoms. The van der Waals surface area contributed by atoms with Gasteiger partial charge in [0.1, 0.15) is 0 Å². The van der Waals surface area contributed by atoms with Crippen molar-refractivity contribution < 1.29 is 9.90 Å². The highest BCUT2D eigenvalue weighted by atomic mass is 35.5. The van der Waals surface area contributed by atoms with Gasteiger partial charge in [-0.15, -0.1) is 0 Å². The lowest BCUT2D eigenvalue weighted by atomic mass is 10.1. The number of carboxylic acid groups (broad SMARTS) is 1. The minimum atomic E-state index is -0.753. The van der Waals surface area contributed by atoms with Crippen LogP contribution in [0.25, 0.3) is 10.9 Å². The fraction of sp³-hybridized carbons (Fsp3) is 0.250. The molecule has 3 nitrogen and oxygen atoms in total. The van der Waals surface area contributed by atoms with E-state index in [0.29, 0.717) is 11.4 Å². The zero-order valence-electron chi connectivity index (χ0n) is 8.66. The summed E-state index contributed by atoms with van der Waals surface area (Å²) >= 11 is 6.00. The molecule has 0 spiro atoms. The number of aromatic amines is 1. The van der Waals surface area contributed by atoms with Gasteiger partial charge in [0.25, 0.3) is 0 Å². The van der Waals surface area contributed by atoms with E-state index in [2.05, 4.69) is 4.98 Å². The van der Waals surface area contributed by atoms with Gasteiger partial charge in [0.15, 0.2) is 0 Å². The molecule has 1 aromatic heterocycles. The second kappa shape index (κ2) is 4.58. The van der Waals surface area contributed by atoms with Crippen LogP contribution in [0.2, 0.25) is 5.02 Å². The van der Waals surface area contributed by atoms with Gasteiger partial charge in [-0.2, -0.15) is 0 Å². The van der Waals surface area contributed by atoms with Crippen LogP contribution < -0.4 is 0 Å². The van der Waals surface area contributed by atoms with E-state index in [-0.39, 0.29) is 6.42 Å². The molecule has 0 atom stereocenters. The molecular formula is C12H12ClNO2. The van der Waals surface area contributed by atoms with Crippen LogP contribution in [0.5, 0.6) is 0 Å². The molecule has 0 fully saturated rings. The smallest absolute Gasteiger partial charge is 0.303 e. The van der Waals surface area contributed by atoms with E-state index in [1.165, 1.54) is 0 Å². The summed E-state index contributed by atoms with van der Waals surface area (Å²) in [6.45, 7) is 0. The molecule has 0 aliphatic heterocycles. The van der Waals surface area contributed by atoms with E-state index in [1.54, 1.807) is 6.20 Å². The maximum atomic E-state index is 10.4. The maximum absolute atomic E-state index is 10.4. The molecule has 1 aromatic carbocycles. The summed E-state index contributed by atoms with van der Waals surface area (Å²) < 4.78 is 0. The van der Waals surface area contributed by atoms with Crippen LogP contribution in [0.15, 0.2) is 24.4 Å². The van der Waals surface area contributed by atoms with E-state index < -0.39 is 5.97 Å². The van der Waals surface area contributed by atoms with Crippen molar-refractivity contribution in [3.05, 3.63) is 35.0 Å². The molecule has 0 aliphatic rings. The molecular weight excluding hydrogens is 226 g/mol. The van der Waals surface area contributed by atoms with Crippen LogP contribution in [0.1, 0.15) is 18.4 Å². The van der Waals surface area contributed by atoms with Gasteiger partial charge in [-0.1, -0.05) is 29.8 Å². The summed E-state index contributed by atoms with van der Waals surface area (Å²) in [6, 6.07) is 5.89. The number of nitrogens with one attached hydrogen (secondary N) is 1. The second-order valence-electron chi connectivity index (χ2n) is 3.72. The van der Waals surface area contributed by atoms with Crippen molar-refractivity contribution in [1.82, 2.24) is 4.98 Å². The molecule has 0 radical (unpaired) electrons. The van der Waals surface area contributed by atoms with Gasteiger partial charge in [-0.3, -0.25) is 4.79 Å². The lowest BCUT2D eigenvalue weighted by Crippen LogP contribution is -1.96. The average Bonchev–Trinajstić information content (AvgIpc) is 2.61. The first-order valence-electron chi connectivity index (χ1n) is 5.15. The Bertz CT molecular complexity index is 519. The van der Waals surface area contributed by atoms with Gasteiger partial charge in [-0.25, -0.2) is 0 Å². The van der Waals surface area contributed by atoms with Crippen LogP contribution in [0.3, 0.4) is 0 Å². The molecule has 4 heteroatoms.